The second kappa shape index (κ2) is 8.34. The molecule has 1 aromatic carbocycles. The average Bonchev–Trinajstić information content (AvgIpc) is 2.60. The fraction of sp³-hybridized carbons (Fsp3) is 0.556. The van der Waals surface area contributed by atoms with Gasteiger partial charge in [0.1, 0.15) is 6.79 Å². The lowest BCUT2D eigenvalue weighted by atomic mass is 9.71. The molecule has 0 aromatic heterocycles. The molecule has 5 heteroatoms. The van der Waals surface area contributed by atoms with Crippen LogP contribution in [0.1, 0.15) is 24.8 Å². The molecule has 2 rings (SSSR count). The Balaban J connectivity index is 2.28. The first-order chi connectivity index (χ1) is 11.1. The zero-order valence-electron chi connectivity index (χ0n) is 14.1. The number of aliphatic hydroxyl groups excluding tert-OH is 1. The monoisotopic (exact) mass is 322 g/mol. The highest BCUT2D eigenvalue weighted by atomic mass is 16.7. The van der Waals surface area contributed by atoms with E-state index in [2.05, 4.69) is 12.1 Å². The number of rotatable bonds is 8. The third kappa shape index (κ3) is 4.25. The highest BCUT2D eigenvalue weighted by molar-refractivity contribution is 5.47. The van der Waals surface area contributed by atoms with Crippen molar-refractivity contribution in [2.75, 3.05) is 34.7 Å². The zero-order valence-corrected chi connectivity index (χ0v) is 14.1. The molecule has 23 heavy (non-hydrogen) atoms. The van der Waals surface area contributed by atoms with Crippen LogP contribution in [-0.2, 0) is 14.9 Å². The summed E-state index contributed by atoms with van der Waals surface area (Å²) in [6, 6.07) is 5.99. The zero-order chi connectivity index (χ0) is 16.7. The van der Waals surface area contributed by atoms with E-state index in [1.807, 2.05) is 18.2 Å². The molecule has 1 aromatic rings. The van der Waals surface area contributed by atoms with E-state index in [0.29, 0.717) is 18.1 Å². The van der Waals surface area contributed by atoms with Gasteiger partial charge in [-0.2, -0.15) is 0 Å². The summed E-state index contributed by atoms with van der Waals surface area (Å²) in [7, 11) is 4.88. The molecule has 0 radical (unpaired) electrons. The summed E-state index contributed by atoms with van der Waals surface area (Å²) in [4.78, 5) is 0. The molecule has 0 spiro atoms. The van der Waals surface area contributed by atoms with Crippen molar-refractivity contribution in [2.45, 2.75) is 30.8 Å². The molecule has 0 saturated heterocycles. The van der Waals surface area contributed by atoms with Crippen molar-refractivity contribution in [1.29, 1.82) is 0 Å². The second-order valence-electron chi connectivity index (χ2n) is 5.76. The van der Waals surface area contributed by atoms with Crippen LogP contribution in [0.4, 0.5) is 0 Å². The molecular weight excluding hydrogens is 296 g/mol. The normalized spacial score (nSPS) is 23.7. The van der Waals surface area contributed by atoms with Gasteiger partial charge in [0.15, 0.2) is 11.5 Å². The van der Waals surface area contributed by atoms with Crippen molar-refractivity contribution in [3.05, 3.63) is 35.9 Å². The molecule has 2 atom stereocenters. The molecule has 0 bridgehead atoms. The Morgan fingerprint density at radius 3 is 2.57 bits per heavy atom. The summed E-state index contributed by atoms with van der Waals surface area (Å²) >= 11 is 0. The topological polar surface area (TPSA) is 57.2 Å². The summed E-state index contributed by atoms with van der Waals surface area (Å²) in [6.45, 7) is 0.872. The standard InChI is InChI=1S/C18H26O5/c1-20-13-23-11-10-18(8-6-15(19)7-9-18)14-4-5-16(21-2)17(12-14)22-3/h4-6,8,12,15,19H,7,9-11,13H2,1-3H3/t15-,18+/m0/s1. The minimum atomic E-state index is -0.372. The van der Waals surface area contributed by atoms with E-state index in [0.717, 1.165) is 24.8 Å². The number of allylic oxidation sites excluding steroid dienone is 1. The van der Waals surface area contributed by atoms with Gasteiger partial charge in [0.25, 0.3) is 0 Å². The highest BCUT2D eigenvalue weighted by Crippen LogP contribution is 2.41. The molecule has 0 unspecified atom stereocenters. The summed E-state index contributed by atoms with van der Waals surface area (Å²) in [6.07, 6.45) is 6.00. The molecule has 128 valence electrons. The van der Waals surface area contributed by atoms with Crippen LogP contribution in [0, 0.1) is 0 Å². The molecule has 0 saturated carbocycles. The average molecular weight is 322 g/mol. The summed E-state index contributed by atoms with van der Waals surface area (Å²) < 4.78 is 21.2. The Hall–Kier alpha value is -1.56. The van der Waals surface area contributed by atoms with E-state index >= 15 is 0 Å². The molecule has 1 N–H and O–H groups in total. The van der Waals surface area contributed by atoms with E-state index in [-0.39, 0.29) is 18.3 Å². The van der Waals surface area contributed by atoms with Gasteiger partial charge in [0.05, 0.1) is 26.9 Å². The first kappa shape index (κ1) is 17.8. The maximum atomic E-state index is 9.80. The Labute approximate surface area is 137 Å². The van der Waals surface area contributed by atoms with E-state index in [1.54, 1.807) is 21.3 Å². The van der Waals surface area contributed by atoms with Crippen molar-refractivity contribution in [3.8, 4) is 11.5 Å². The van der Waals surface area contributed by atoms with Gasteiger partial charge in [0, 0.05) is 12.5 Å². The van der Waals surface area contributed by atoms with Crippen molar-refractivity contribution >= 4 is 0 Å². The van der Waals surface area contributed by atoms with Gasteiger partial charge in [-0.05, 0) is 37.0 Å². The lowest BCUT2D eigenvalue weighted by Crippen LogP contribution is -2.31. The Kier molecular flexibility index (Phi) is 6.45. The number of hydrogen-bond donors (Lipinski definition) is 1. The first-order valence-electron chi connectivity index (χ1n) is 7.82. The summed E-state index contributed by atoms with van der Waals surface area (Å²) in [5.74, 6) is 1.42. The third-order valence-corrected chi connectivity index (χ3v) is 4.38. The quantitative estimate of drug-likeness (QED) is 0.453. The second-order valence-corrected chi connectivity index (χ2v) is 5.76. The van der Waals surface area contributed by atoms with Crippen LogP contribution in [-0.4, -0.2) is 45.9 Å². The minimum absolute atomic E-state index is 0.174. The Morgan fingerprint density at radius 1 is 1.17 bits per heavy atom. The van der Waals surface area contributed by atoms with E-state index in [4.69, 9.17) is 18.9 Å². The maximum absolute atomic E-state index is 9.80. The van der Waals surface area contributed by atoms with Gasteiger partial charge in [0.2, 0.25) is 0 Å². The van der Waals surface area contributed by atoms with E-state index < -0.39 is 0 Å². The van der Waals surface area contributed by atoms with Gasteiger partial charge in [-0.1, -0.05) is 18.2 Å². The Morgan fingerprint density at radius 2 is 1.96 bits per heavy atom. The molecular formula is C18H26O5. The lowest BCUT2D eigenvalue weighted by Gasteiger charge is -2.35. The van der Waals surface area contributed by atoms with Crippen LogP contribution in [0.5, 0.6) is 11.5 Å². The number of benzene rings is 1. The number of ether oxygens (including phenoxy) is 4. The summed E-state index contributed by atoms with van der Waals surface area (Å²) in [5.41, 5.74) is 0.964. The predicted molar refractivity (Wildman–Crippen MR) is 88.0 cm³/mol. The van der Waals surface area contributed by atoms with Gasteiger partial charge in [-0.15, -0.1) is 0 Å². The third-order valence-electron chi connectivity index (χ3n) is 4.38. The van der Waals surface area contributed by atoms with Crippen molar-refractivity contribution in [3.63, 3.8) is 0 Å². The van der Waals surface area contributed by atoms with Gasteiger partial charge in [-0.25, -0.2) is 0 Å². The SMILES string of the molecule is COCOCC[C@@]1(c2ccc(OC)c(OC)c2)C=C[C@H](O)CC1. The molecule has 5 nitrogen and oxygen atoms in total. The largest absolute Gasteiger partial charge is 0.493 e. The minimum Gasteiger partial charge on any atom is -0.493 e. The molecule has 0 heterocycles. The fourth-order valence-corrected chi connectivity index (χ4v) is 3.02. The lowest BCUT2D eigenvalue weighted by molar-refractivity contribution is -0.0353. The van der Waals surface area contributed by atoms with Crippen molar-refractivity contribution < 1.29 is 24.1 Å². The molecule has 1 aliphatic carbocycles. The van der Waals surface area contributed by atoms with Gasteiger partial charge < -0.3 is 24.1 Å². The highest BCUT2D eigenvalue weighted by Gasteiger charge is 2.33. The van der Waals surface area contributed by atoms with Gasteiger partial charge >= 0.3 is 0 Å². The maximum Gasteiger partial charge on any atom is 0.161 e. The van der Waals surface area contributed by atoms with Crippen LogP contribution in [0.15, 0.2) is 30.4 Å². The van der Waals surface area contributed by atoms with Crippen molar-refractivity contribution in [2.24, 2.45) is 0 Å². The van der Waals surface area contributed by atoms with Gasteiger partial charge in [-0.3, -0.25) is 0 Å². The Bertz CT molecular complexity index is 528. The smallest absolute Gasteiger partial charge is 0.161 e. The molecule has 0 aliphatic heterocycles. The van der Waals surface area contributed by atoms with Crippen LogP contribution in [0.2, 0.25) is 0 Å². The number of aliphatic hydroxyl groups is 1. The first-order valence-corrected chi connectivity index (χ1v) is 7.82. The van der Waals surface area contributed by atoms with E-state index in [9.17, 15) is 5.11 Å². The molecule has 0 fully saturated rings. The van der Waals surface area contributed by atoms with Crippen LogP contribution >= 0.6 is 0 Å². The molecule has 1 aliphatic rings. The molecule has 0 amide bonds. The van der Waals surface area contributed by atoms with Crippen LogP contribution in [0.25, 0.3) is 0 Å². The fourth-order valence-electron chi connectivity index (χ4n) is 3.02. The van der Waals surface area contributed by atoms with Crippen molar-refractivity contribution in [1.82, 2.24) is 0 Å². The van der Waals surface area contributed by atoms with Crippen LogP contribution in [0.3, 0.4) is 0 Å². The number of methoxy groups -OCH3 is 3. The van der Waals surface area contributed by atoms with E-state index in [1.165, 1.54) is 0 Å². The summed E-state index contributed by atoms with van der Waals surface area (Å²) in [5, 5.41) is 9.80. The predicted octanol–water partition coefficient (Wildman–Crippen LogP) is 2.66. The van der Waals surface area contributed by atoms with Crippen LogP contribution < -0.4 is 9.47 Å². The number of hydrogen-bond acceptors (Lipinski definition) is 5.